The largest absolute Gasteiger partial charge is 0.477 e. The molecule has 0 saturated carbocycles. The number of hydrogen-bond acceptors (Lipinski definition) is 3. The van der Waals surface area contributed by atoms with Crippen LogP contribution < -0.4 is 0 Å². The molecule has 6 heteroatoms. The van der Waals surface area contributed by atoms with Crippen molar-refractivity contribution in [1.29, 1.82) is 0 Å². The monoisotopic (exact) mass is 234 g/mol. The predicted octanol–water partition coefficient (Wildman–Crippen LogP) is 3.60. The van der Waals surface area contributed by atoms with Crippen LogP contribution in [0.25, 0.3) is 9.40 Å². The lowest BCUT2D eigenvalue weighted by molar-refractivity contribution is 0.0702. The molecular formula is C8H4F2O2S2. The maximum absolute atomic E-state index is 12.2. The van der Waals surface area contributed by atoms with Gasteiger partial charge in [0.05, 0.1) is 8.89 Å². The number of carbonyl (C=O) groups is 1. The van der Waals surface area contributed by atoms with Gasteiger partial charge in [0.1, 0.15) is 4.88 Å². The molecule has 0 bridgehead atoms. The van der Waals surface area contributed by atoms with E-state index in [1.54, 1.807) is 0 Å². The first-order valence-corrected chi connectivity index (χ1v) is 5.26. The van der Waals surface area contributed by atoms with E-state index < -0.39 is 12.4 Å². The molecule has 0 amide bonds. The van der Waals surface area contributed by atoms with E-state index in [1.165, 1.54) is 12.1 Å². The summed E-state index contributed by atoms with van der Waals surface area (Å²) in [5.74, 6) is -1.02. The number of thiophene rings is 2. The van der Waals surface area contributed by atoms with Gasteiger partial charge in [-0.2, -0.15) is 0 Å². The van der Waals surface area contributed by atoms with Gasteiger partial charge in [-0.25, -0.2) is 13.6 Å². The molecule has 0 fully saturated rings. The maximum atomic E-state index is 12.2. The standard InChI is InChI=1S/C8H4F2O2S2/c9-6(10)4-1-3-2-5(7(11)12)14-8(3)13-4/h1-2,6H,(H,11,12). The Labute approximate surface area is 85.4 Å². The highest BCUT2D eigenvalue weighted by Crippen LogP contribution is 2.37. The van der Waals surface area contributed by atoms with Crippen molar-refractivity contribution in [2.75, 3.05) is 0 Å². The topological polar surface area (TPSA) is 37.3 Å². The van der Waals surface area contributed by atoms with Gasteiger partial charge in [0.2, 0.25) is 0 Å². The number of fused-ring (bicyclic) bond motifs is 1. The molecule has 2 heterocycles. The molecule has 0 unspecified atom stereocenters. The van der Waals surface area contributed by atoms with Gasteiger partial charge in [0.15, 0.2) is 0 Å². The molecule has 14 heavy (non-hydrogen) atoms. The molecular weight excluding hydrogens is 230 g/mol. The summed E-state index contributed by atoms with van der Waals surface area (Å²) in [7, 11) is 0. The van der Waals surface area contributed by atoms with Crippen LogP contribution in [0, 0.1) is 0 Å². The van der Waals surface area contributed by atoms with Crippen LogP contribution in [-0.2, 0) is 0 Å². The molecule has 0 spiro atoms. The second-order valence-corrected chi connectivity index (χ2v) is 5.00. The third kappa shape index (κ3) is 1.51. The molecule has 0 aliphatic carbocycles. The summed E-state index contributed by atoms with van der Waals surface area (Å²) < 4.78 is 25.1. The lowest BCUT2D eigenvalue weighted by Crippen LogP contribution is -1.89. The lowest BCUT2D eigenvalue weighted by atomic mass is 10.3. The van der Waals surface area contributed by atoms with Crippen LogP contribution in [0.1, 0.15) is 21.0 Å². The van der Waals surface area contributed by atoms with Crippen molar-refractivity contribution in [3.05, 3.63) is 21.9 Å². The Morgan fingerprint density at radius 2 is 2.07 bits per heavy atom. The zero-order valence-electron chi connectivity index (χ0n) is 6.66. The van der Waals surface area contributed by atoms with Gasteiger partial charge < -0.3 is 5.11 Å². The molecule has 0 aliphatic rings. The van der Waals surface area contributed by atoms with E-state index in [0.29, 0.717) is 9.40 Å². The zero-order valence-corrected chi connectivity index (χ0v) is 8.29. The number of hydrogen-bond donors (Lipinski definition) is 1. The molecule has 0 atom stereocenters. The molecule has 2 aromatic rings. The van der Waals surface area contributed by atoms with Gasteiger partial charge >= 0.3 is 5.97 Å². The summed E-state index contributed by atoms with van der Waals surface area (Å²) in [6, 6.07) is 2.76. The number of alkyl halides is 2. The Kier molecular flexibility index (Phi) is 2.24. The van der Waals surface area contributed by atoms with E-state index in [1.807, 2.05) is 0 Å². The Balaban J connectivity index is 2.50. The maximum Gasteiger partial charge on any atom is 0.345 e. The molecule has 0 saturated heterocycles. The lowest BCUT2D eigenvalue weighted by Gasteiger charge is -1.89. The first-order valence-electron chi connectivity index (χ1n) is 3.62. The number of carboxylic acid groups (broad SMARTS) is 1. The SMILES string of the molecule is O=C(O)c1cc2cc(C(F)F)sc2s1. The molecule has 2 aromatic heterocycles. The van der Waals surface area contributed by atoms with E-state index in [4.69, 9.17) is 5.11 Å². The molecule has 2 nitrogen and oxygen atoms in total. The summed E-state index contributed by atoms with van der Waals surface area (Å²) in [6.45, 7) is 0. The van der Waals surface area contributed by atoms with Crippen molar-refractivity contribution in [3.63, 3.8) is 0 Å². The minimum absolute atomic E-state index is 0.0109. The van der Waals surface area contributed by atoms with Gasteiger partial charge in [-0.15, -0.1) is 22.7 Å². The third-order valence-electron chi connectivity index (χ3n) is 1.66. The van der Waals surface area contributed by atoms with Gasteiger partial charge in [0, 0.05) is 5.39 Å². The smallest absolute Gasteiger partial charge is 0.345 e. The van der Waals surface area contributed by atoms with Crippen molar-refractivity contribution in [1.82, 2.24) is 0 Å². The number of aromatic carboxylic acids is 1. The van der Waals surface area contributed by atoms with Crippen LogP contribution in [0.3, 0.4) is 0 Å². The average molecular weight is 234 g/mol. The fourth-order valence-electron chi connectivity index (χ4n) is 1.07. The minimum Gasteiger partial charge on any atom is -0.477 e. The van der Waals surface area contributed by atoms with Crippen LogP contribution in [-0.4, -0.2) is 11.1 Å². The van der Waals surface area contributed by atoms with E-state index in [9.17, 15) is 13.6 Å². The van der Waals surface area contributed by atoms with E-state index in [-0.39, 0.29) is 9.75 Å². The molecule has 0 radical (unpaired) electrons. The van der Waals surface area contributed by atoms with E-state index in [0.717, 1.165) is 22.7 Å². The van der Waals surface area contributed by atoms with Crippen LogP contribution in [0.15, 0.2) is 12.1 Å². The van der Waals surface area contributed by atoms with Crippen LogP contribution >= 0.6 is 22.7 Å². The molecule has 1 N–H and O–H groups in total. The van der Waals surface area contributed by atoms with Crippen molar-refractivity contribution in [3.8, 4) is 0 Å². The number of rotatable bonds is 2. The van der Waals surface area contributed by atoms with Crippen LogP contribution in [0.4, 0.5) is 8.78 Å². The highest BCUT2D eigenvalue weighted by Gasteiger charge is 2.15. The van der Waals surface area contributed by atoms with Gasteiger partial charge in [-0.1, -0.05) is 0 Å². The second kappa shape index (κ2) is 3.29. The van der Waals surface area contributed by atoms with E-state index >= 15 is 0 Å². The zero-order chi connectivity index (χ0) is 10.3. The summed E-state index contributed by atoms with van der Waals surface area (Å²) >= 11 is 1.98. The highest BCUT2D eigenvalue weighted by atomic mass is 32.2. The summed E-state index contributed by atoms with van der Waals surface area (Å²) in [6.07, 6.45) is -2.48. The predicted molar refractivity (Wildman–Crippen MR) is 51.6 cm³/mol. The normalized spacial score (nSPS) is 11.4. The first-order chi connectivity index (χ1) is 6.58. The molecule has 2 rings (SSSR count). The van der Waals surface area contributed by atoms with Crippen molar-refractivity contribution in [2.24, 2.45) is 0 Å². The molecule has 74 valence electrons. The van der Waals surface area contributed by atoms with Crippen molar-refractivity contribution < 1.29 is 18.7 Å². The molecule has 0 aliphatic heterocycles. The van der Waals surface area contributed by atoms with Crippen LogP contribution in [0.2, 0.25) is 0 Å². The summed E-state index contributed by atoms with van der Waals surface area (Å²) in [4.78, 5) is 10.7. The number of halogens is 2. The van der Waals surface area contributed by atoms with Gasteiger partial charge in [0.25, 0.3) is 6.43 Å². The minimum atomic E-state index is -2.48. The quantitative estimate of drug-likeness (QED) is 0.862. The van der Waals surface area contributed by atoms with Crippen molar-refractivity contribution >= 4 is 38.0 Å². The fourth-order valence-corrected chi connectivity index (χ4v) is 3.23. The Bertz CT molecular complexity index is 455. The van der Waals surface area contributed by atoms with E-state index in [2.05, 4.69) is 0 Å². The Morgan fingerprint density at radius 1 is 1.36 bits per heavy atom. The Hall–Kier alpha value is -1.01. The molecule has 0 aromatic carbocycles. The Morgan fingerprint density at radius 3 is 2.57 bits per heavy atom. The van der Waals surface area contributed by atoms with Crippen molar-refractivity contribution in [2.45, 2.75) is 6.43 Å². The van der Waals surface area contributed by atoms with Gasteiger partial charge in [-0.3, -0.25) is 0 Å². The first kappa shape index (κ1) is 9.54. The summed E-state index contributed by atoms with van der Waals surface area (Å²) in [5.41, 5.74) is 0. The number of carboxylic acids is 1. The van der Waals surface area contributed by atoms with Gasteiger partial charge in [-0.05, 0) is 12.1 Å². The second-order valence-electron chi connectivity index (χ2n) is 2.61. The average Bonchev–Trinajstić information content (AvgIpc) is 2.57. The highest BCUT2D eigenvalue weighted by molar-refractivity contribution is 7.39. The fraction of sp³-hybridized carbons (Fsp3) is 0.125. The summed E-state index contributed by atoms with van der Waals surface area (Å²) in [5, 5.41) is 9.24. The third-order valence-corrected chi connectivity index (χ3v) is 4.05. The van der Waals surface area contributed by atoms with Crippen LogP contribution in [0.5, 0.6) is 0 Å².